The summed E-state index contributed by atoms with van der Waals surface area (Å²) in [5.41, 5.74) is 3.25. The summed E-state index contributed by atoms with van der Waals surface area (Å²) >= 11 is 3.29. The fourth-order valence-corrected chi connectivity index (χ4v) is 4.86. The lowest BCUT2D eigenvalue weighted by atomic mass is 9.97. The van der Waals surface area contributed by atoms with E-state index in [4.69, 9.17) is 4.74 Å². The molecule has 1 heterocycles. The summed E-state index contributed by atoms with van der Waals surface area (Å²) in [6.45, 7) is 10.3. The quantitative estimate of drug-likeness (QED) is 0.444. The fraction of sp³-hybridized carbons (Fsp3) is 0.333. The van der Waals surface area contributed by atoms with Gasteiger partial charge >= 0.3 is 6.09 Å². The second-order valence-corrected chi connectivity index (χ2v) is 10.8. The van der Waals surface area contributed by atoms with E-state index in [1.165, 1.54) is 21.6 Å². The van der Waals surface area contributed by atoms with Crippen LogP contribution in [0.1, 0.15) is 51.1 Å². The molecular weight excluding hydrogens is 412 g/mol. The zero-order valence-corrected chi connectivity index (χ0v) is 19.7. The molecule has 0 saturated carbocycles. The Labute approximate surface area is 187 Å². The Balaban J connectivity index is 1.72. The first kappa shape index (κ1) is 22.4. The molecular formula is C24H28N2O2S2. The second kappa shape index (κ2) is 9.67. The third kappa shape index (κ3) is 6.61. The topological polar surface area (TPSA) is 51.2 Å². The van der Waals surface area contributed by atoms with Crippen molar-refractivity contribution in [3.63, 3.8) is 0 Å². The molecule has 0 atom stereocenters. The Morgan fingerprint density at radius 3 is 2.53 bits per heavy atom. The highest BCUT2D eigenvalue weighted by atomic mass is 32.2. The summed E-state index contributed by atoms with van der Waals surface area (Å²) < 4.78 is 6.37. The van der Waals surface area contributed by atoms with Crippen molar-refractivity contribution in [2.45, 2.75) is 61.8 Å². The number of alkyl carbamates (subject to hydrolysis) is 1. The average Bonchev–Trinajstić information content (AvgIpc) is 3.13. The lowest BCUT2D eigenvalue weighted by Crippen LogP contribution is -2.32. The van der Waals surface area contributed by atoms with Gasteiger partial charge in [0.15, 0.2) is 0 Å². The summed E-state index contributed by atoms with van der Waals surface area (Å²) in [5.74, 6) is 0.447. The number of nitrogens with zero attached hydrogens (tertiary/aromatic N) is 1. The van der Waals surface area contributed by atoms with Crippen LogP contribution in [0, 0.1) is 0 Å². The standard InChI is InChI=1S/C24H28N2O2S2/c1-16(2)18-11-19(17-9-7-6-8-10-17)13-20(12-18)29-22-15-25-21(30-22)14-26-23(27)28-24(3,4)5/h6-13,15-16H,14H2,1-5H3,(H,26,27). The van der Waals surface area contributed by atoms with Gasteiger partial charge in [-0.05, 0) is 55.5 Å². The highest BCUT2D eigenvalue weighted by molar-refractivity contribution is 8.01. The number of benzene rings is 2. The lowest BCUT2D eigenvalue weighted by Gasteiger charge is -2.19. The predicted molar refractivity (Wildman–Crippen MR) is 125 cm³/mol. The molecule has 0 bridgehead atoms. The van der Waals surface area contributed by atoms with Crippen LogP contribution < -0.4 is 5.32 Å². The molecule has 1 amide bonds. The summed E-state index contributed by atoms with van der Waals surface area (Å²) in [5, 5.41) is 3.62. The molecule has 158 valence electrons. The zero-order valence-electron chi connectivity index (χ0n) is 18.1. The number of nitrogens with one attached hydrogen (secondary N) is 1. The molecule has 4 nitrogen and oxygen atoms in total. The Morgan fingerprint density at radius 2 is 1.87 bits per heavy atom. The van der Waals surface area contributed by atoms with Gasteiger partial charge in [0.1, 0.15) is 10.6 Å². The molecule has 0 aliphatic rings. The maximum Gasteiger partial charge on any atom is 0.408 e. The van der Waals surface area contributed by atoms with Crippen molar-refractivity contribution in [1.29, 1.82) is 0 Å². The van der Waals surface area contributed by atoms with Crippen molar-refractivity contribution in [2.24, 2.45) is 0 Å². The van der Waals surface area contributed by atoms with Crippen LogP contribution in [-0.2, 0) is 11.3 Å². The Kier molecular flexibility index (Phi) is 7.21. The van der Waals surface area contributed by atoms with E-state index in [1.54, 1.807) is 23.1 Å². The first-order valence-electron chi connectivity index (χ1n) is 9.99. The minimum atomic E-state index is -0.508. The number of thiazole rings is 1. The maximum atomic E-state index is 11.8. The van der Waals surface area contributed by atoms with Crippen molar-refractivity contribution in [3.8, 4) is 11.1 Å². The Bertz CT molecular complexity index is 992. The number of hydrogen-bond donors (Lipinski definition) is 1. The molecule has 0 aliphatic heterocycles. The molecule has 0 radical (unpaired) electrons. The van der Waals surface area contributed by atoms with E-state index in [0.29, 0.717) is 12.5 Å². The van der Waals surface area contributed by atoms with Gasteiger partial charge in [-0.25, -0.2) is 9.78 Å². The molecule has 0 fully saturated rings. The molecule has 3 aromatic rings. The summed E-state index contributed by atoms with van der Waals surface area (Å²) in [6, 6.07) is 17.2. The van der Waals surface area contributed by atoms with Gasteiger partial charge in [-0.2, -0.15) is 0 Å². The van der Waals surface area contributed by atoms with Gasteiger partial charge in [0.2, 0.25) is 0 Å². The molecule has 1 N–H and O–H groups in total. The summed E-state index contributed by atoms with van der Waals surface area (Å²) in [4.78, 5) is 17.5. The molecule has 0 spiro atoms. The second-order valence-electron chi connectivity index (χ2n) is 8.34. The van der Waals surface area contributed by atoms with Gasteiger partial charge in [-0.15, -0.1) is 11.3 Å². The van der Waals surface area contributed by atoms with E-state index in [9.17, 15) is 4.79 Å². The minimum Gasteiger partial charge on any atom is -0.444 e. The van der Waals surface area contributed by atoms with E-state index < -0.39 is 11.7 Å². The van der Waals surface area contributed by atoms with Crippen LogP contribution >= 0.6 is 23.1 Å². The van der Waals surface area contributed by atoms with Crippen molar-refractivity contribution < 1.29 is 9.53 Å². The van der Waals surface area contributed by atoms with E-state index in [1.807, 2.05) is 33.0 Å². The molecule has 1 aromatic heterocycles. The number of ether oxygens (including phenoxy) is 1. The van der Waals surface area contributed by atoms with Crippen LogP contribution in [0.3, 0.4) is 0 Å². The van der Waals surface area contributed by atoms with Crippen molar-refractivity contribution in [3.05, 3.63) is 65.3 Å². The summed E-state index contributed by atoms with van der Waals surface area (Å²) in [6.07, 6.45) is 1.44. The lowest BCUT2D eigenvalue weighted by molar-refractivity contribution is 0.0523. The number of aromatic nitrogens is 1. The summed E-state index contributed by atoms with van der Waals surface area (Å²) in [7, 11) is 0. The number of hydrogen-bond acceptors (Lipinski definition) is 5. The minimum absolute atomic E-state index is 0.363. The number of amides is 1. The molecule has 30 heavy (non-hydrogen) atoms. The van der Waals surface area contributed by atoms with E-state index >= 15 is 0 Å². The fourth-order valence-electron chi connectivity index (χ4n) is 2.81. The SMILES string of the molecule is CC(C)c1cc(Sc2cnc(CNC(=O)OC(C)(C)C)s2)cc(-c2ccccc2)c1. The van der Waals surface area contributed by atoms with Crippen LogP contribution in [0.2, 0.25) is 0 Å². The molecule has 0 unspecified atom stereocenters. The maximum absolute atomic E-state index is 11.8. The Hall–Kier alpha value is -2.31. The van der Waals surface area contributed by atoms with Crippen molar-refractivity contribution in [2.75, 3.05) is 0 Å². The molecule has 6 heteroatoms. The third-order valence-electron chi connectivity index (χ3n) is 4.24. The Morgan fingerprint density at radius 1 is 1.13 bits per heavy atom. The normalized spacial score (nSPS) is 11.5. The van der Waals surface area contributed by atoms with Crippen molar-refractivity contribution >= 4 is 29.2 Å². The highest BCUT2D eigenvalue weighted by Crippen LogP contribution is 2.36. The molecule has 2 aromatic carbocycles. The zero-order chi connectivity index (χ0) is 21.7. The first-order chi connectivity index (χ1) is 14.2. The number of carbonyl (C=O) groups is 1. The van der Waals surface area contributed by atoms with Gasteiger partial charge in [0.05, 0.1) is 17.0 Å². The van der Waals surface area contributed by atoms with Gasteiger partial charge in [0.25, 0.3) is 0 Å². The van der Waals surface area contributed by atoms with Crippen LogP contribution in [0.4, 0.5) is 4.79 Å². The number of rotatable bonds is 6. The third-order valence-corrected chi connectivity index (χ3v) is 6.31. The monoisotopic (exact) mass is 440 g/mol. The smallest absolute Gasteiger partial charge is 0.408 e. The van der Waals surface area contributed by atoms with Crippen LogP contribution in [0.15, 0.2) is 63.8 Å². The van der Waals surface area contributed by atoms with Crippen molar-refractivity contribution in [1.82, 2.24) is 10.3 Å². The highest BCUT2D eigenvalue weighted by Gasteiger charge is 2.16. The van der Waals surface area contributed by atoms with Gasteiger partial charge < -0.3 is 10.1 Å². The van der Waals surface area contributed by atoms with Gasteiger partial charge in [0, 0.05) is 4.90 Å². The van der Waals surface area contributed by atoms with Crippen LogP contribution in [-0.4, -0.2) is 16.7 Å². The average molecular weight is 441 g/mol. The van der Waals surface area contributed by atoms with Crippen LogP contribution in [0.25, 0.3) is 11.1 Å². The molecule has 0 saturated heterocycles. The first-order valence-corrected chi connectivity index (χ1v) is 11.6. The largest absolute Gasteiger partial charge is 0.444 e. The van der Waals surface area contributed by atoms with E-state index in [-0.39, 0.29) is 0 Å². The van der Waals surface area contributed by atoms with E-state index in [2.05, 4.69) is 66.6 Å². The van der Waals surface area contributed by atoms with Gasteiger partial charge in [-0.3, -0.25) is 0 Å². The molecule has 3 rings (SSSR count). The number of carbonyl (C=O) groups excluding carboxylic acids is 1. The van der Waals surface area contributed by atoms with Gasteiger partial charge in [-0.1, -0.05) is 62.0 Å². The predicted octanol–water partition coefficient (Wildman–Crippen LogP) is 7.11. The van der Waals surface area contributed by atoms with Crippen LogP contribution in [0.5, 0.6) is 0 Å². The van der Waals surface area contributed by atoms with E-state index in [0.717, 1.165) is 9.22 Å². The molecule has 0 aliphatic carbocycles.